The van der Waals surface area contributed by atoms with Crippen molar-refractivity contribution in [3.8, 4) is 0 Å². The largest absolute Gasteiger partial charge is 0.356 e. The zero-order chi connectivity index (χ0) is 15.2. The molecule has 0 aromatic heterocycles. The van der Waals surface area contributed by atoms with Gasteiger partial charge in [0.2, 0.25) is 11.8 Å². The molecule has 0 radical (unpaired) electrons. The molecule has 1 N–H and O–H groups in total. The highest BCUT2D eigenvalue weighted by Crippen LogP contribution is 2.41. The van der Waals surface area contributed by atoms with Gasteiger partial charge >= 0.3 is 0 Å². The van der Waals surface area contributed by atoms with Crippen LogP contribution in [-0.2, 0) is 21.4 Å². The first kappa shape index (κ1) is 14.1. The van der Waals surface area contributed by atoms with Gasteiger partial charge in [0.15, 0.2) is 0 Å². The van der Waals surface area contributed by atoms with Crippen molar-refractivity contribution in [3.63, 3.8) is 0 Å². The smallest absolute Gasteiger partial charge is 0.236 e. The fourth-order valence-corrected chi connectivity index (χ4v) is 3.00. The minimum absolute atomic E-state index is 0.136. The number of carbonyl (C=O) groups excluding carboxylic acids is 2. The Labute approximate surface area is 125 Å². The summed E-state index contributed by atoms with van der Waals surface area (Å²) in [5, 5.41) is 2.98. The third-order valence-electron chi connectivity index (χ3n) is 4.60. The summed E-state index contributed by atoms with van der Waals surface area (Å²) < 4.78 is 0. The van der Waals surface area contributed by atoms with E-state index in [1.807, 2.05) is 33.0 Å². The van der Waals surface area contributed by atoms with Gasteiger partial charge in [-0.3, -0.25) is 9.59 Å². The second-order valence-electron chi connectivity index (χ2n) is 6.66. The number of hydrogen-bond donors (Lipinski definition) is 1. The molecule has 1 fully saturated rings. The van der Waals surface area contributed by atoms with Gasteiger partial charge in [0.25, 0.3) is 0 Å². The molecule has 1 saturated carbocycles. The lowest BCUT2D eigenvalue weighted by Crippen LogP contribution is -2.33. The maximum atomic E-state index is 12.2. The Kier molecular flexibility index (Phi) is 3.27. The molecule has 0 atom stereocenters. The molecule has 3 rings (SSSR count). The quantitative estimate of drug-likeness (QED) is 0.920. The molecule has 4 nitrogen and oxygen atoms in total. The van der Waals surface area contributed by atoms with E-state index in [4.69, 9.17) is 0 Å². The Morgan fingerprint density at radius 1 is 1.38 bits per heavy atom. The molecule has 0 spiro atoms. The SMILES string of the molecule is CN1C(=O)C(C)(C)c2cc(CCNC(=O)C3CC3)ccc21. The number of rotatable bonds is 4. The van der Waals surface area contributed by atoms with Crippen LogP contribution in [0.2, 0.25) is 0 Å². The van der Waals surface area contributed by atoms with E-state index < -0.39 is 5.41 Å². The van der Waals surface area contributed by atoms with Crippen LogP contribution in [0.15, 0.2) is 18.2 Å². The van der Waals surface area contributed by atoms with E-state index in [1.165, 1.54) is 5.56 Å². The second kappa shape index (κ2) is 4.86. The van der Waals surface area contributed by atoms with Crippen LogP contribution >= 0.6 is 0 Å². The normalized spacial score (nSPS) is 19.6. The number of nitrogens with zero attached hydrogens (tertiary/aromatic N) is 1. The molecule has 1 aliphatic carbocycles. The number of amides is 2. The molecule has 112 valence electrons. The third-order valence-corrected chi connectivity index (χ3v) is 4.60. The maximum absolute atomic E-state index is 12.2. The van der Waals surface area contributed by atoms with Crippen molar-refractivity contribution in [3.05, 3.63) is 29.3 Å². The predicted molar refractivity (Wildman–Crippen MR) is 82.3 cm³/mol. The van der Waals surface area contributed by atoms with Gasteiger partial charge < -0.3 is 10.2 Å². The molecule has 0 unspecified atom stereocenters. The lowest BCUT2D eigenvalue weighted by Gasteiger charge is -2.16. The summed E-state index contributed by atoms with van der Waals surface area (Å²) in [7, 11) is 1.82. The molecule has 1 aromatic carbocycles. The Hall–Kier alpha value is -1.84. The summed E-state index contributed by atoms with van der Waals surface area (Å²) in [5.74, 6) is 0.582. The number of benzene rings is 1. The number of fused-ring (bicyclic) bond motifs is 1. The van der Waals surface area contributed by atoms with E-state index in [2.05, 4.69) is 11.4 Å². The first-order valence-electron chi connectivity index (χ1n) is 7.60. The summed E-state index contributed by atoms with van der Waals surface area (Å²) in [6.45, 7) is 4.60. The fourth-order valence-electron chi connectivity index (χ4n) is 3.00. The Bertz CT molecular complexity index is 603. The summed E-state index contributed by atoms with van der Waals surface area (Å²) in [6.07, 6.45) is 2.88. The molecule has 2 amide bonds. The van der Waals surface area contributed by atoms with Crippen molar-refractivity contribution in [2.24, 2.45) is 5.92 Å². The predicted octanol–water partition coefficient (Wildman–Crippen LogP) is 2.01. The van der Waals surface area contributed by atoms with Crippen LogP contribution in [0.5, 0.6) is 0 Å². The average molecular weight is 286 g/mol. The minimum atomic E-state index is -0.461. The van der Waals surface area contributed by atoms with Crippen molar-refractivity contribution in [1.82, 2.24) is 5.32 Å². The van der Waals surface area contributed by atoms with Crippen LogP contribution in [0.3, 0.4) is 0 Å². The topological polar surface area (TPSA) is 49.4 Å². The molecule has 4 heteroatoms. The lowest BCUT2D eigenvalue weighted by atomic mass is 9.85. The van der Waals surface area contributed by atoms with Crippen molar-refractivity contribution >= 4 is 17.5 Å². The van der Waals surface area contributed by atoms with Gasteiger partial charge in [0.1, 0.15) is 0 Å². The van der Waals surface area contributed by atoms with Gasteiger partial charge in [-0.05, 0) is 50.3 Å². The first-order valence-corrected chi connectivity index (χ1v) is 7.60. The number of nitrogens with one attached hydrogen (secondary N) is 1. The maximum Gasteiger partial charge on any atom is 0.236 e. The number of hydrogen-bond acceptors (Lipinski definition) is 2. The Morgan fingerprint density at radius 2 is 2.10 bits per heavy atom. The van der Waals surface area contributed by atoms with Crippen LogP contribution in [0.4, 0.5) is 5.69 Å². The van der Waals surface area contributed by atoms with E-state index in [-0.39, 0.29) is 17.7 Å². The fraction of sp³-hybridized carbons (Fsp3) is 0.529. The molecule has 1 heterocycles. The molecule has 1 aromatic rings. The van der Waals surface area contributed by atoms with Crippen molar-refractivity contribution < 1.29 is 9.59 Å². The van der Waals surface area contributed by atoms with Crippen molar-refractivity contribution in [2.75, 3.05) is 18.5 Å². The van der Waals surface area contributed by atoms with E-state index in [0.29, 0.717) is 6.54 Å². The van der Waals surface area contributed by atoms with Gasteiger partial charge in [-0.25, -0.2) is 0 Å². The van der Waals surface area contributed by atoms with E-state index in [0.717, 1.165) is 30.5 Å². The lowest BCUT2D eigenvalue weighted by molar-refractivity contribution is -0.122. The highest BCUT2D eigenvalue weighted by Gasteiger charge is 2.42. The van der Waals surface area contributed by atoms with Gasteiger partial charge in [0.05, 0.1) is 5.41 Å². The summed E-state index contributed by atoms with van der Waals surface area (Å²) in [6, 6.07) is 6.17. The summed E-state index contributed by atoms with van der Waals surface area (Å²) >= 11 is 0. The zero-order valence-corrected chi connectivity index (χ0v) is 12.9. The molecule has 1 aliphatic heterocycles. The number of anilines is 1. The highest BCUT2D eigenvalue weighted by atomic mass is 16.2. The summed E-state index contributed by atoms with van der Waals surface area (Å²) in [5.41, 5.74) is 2.79. The van der Waals surface area contributed by atoms with E-state index >= 15 is 0 Å². The third kappa shape index (κ3) is 2.43. The van der Waals surface area contributed by atoms with Crippen LogP contribution in [0, 0.1) is 5.92 Å². The van der Waals surface area contributed by atoms with Crippen molar-refractivity contribution in [1.29, 1.82) is 0 Å². The van der Waals surface area contributed by atoms with Crippen molar-refractivity contribution in [2.45, 2.75) is 38.5 Å². The minimum Gasteiger partial charge on any atom is -0.356 e. The highest BCUT2D eigenvalue weighted by molar-refractivity contribution is 6.07. The Morgan fingerprint density at radius 3 is 2.76 bits per heavy atom. The molecule has 0 bridgehead atoms. The number of likely N-dealkylation sites (N-methyl/N-ethyl adjacent to an activating group) is 1. The van der Waals surface area contributed by atoms with E-state index in [9.17, 15) is 9.59 Å². The first-order chi connectivity index (χ1) is 9.91. The summed E-state index contributed by atoms with van der Waals surface area (Å²) in [4.78, 5) is 25.6. The number of carbonyl (C=O) groups is 2. The van der Waals surface area contributed by atoms with Gasteiger partial charge in [-0.1, -0.05) is 12.1 Å². The zero-order valence-electron chi connectivity index (χ0n) is 12.9. The van der Waals surface area contributed by atoms with E-state index in [1.54, 1.807) is 4.90 Å². The molecular weight excluding hydrogens is 264 g/mol. The van der Waals surface area contributed by atoms with Crippen LogP contribution in [-0.4, -0.2) is 25.4 Å². The molecule has 0 saturated heterocycles. The monoisotopic (exact) mass is 286 g/mol. The standard InChI is InChI=1S/C17H22N2O2/c1-17(2)13-10-11(4-7-14(13)19(3)16(17)21)8-9-18-15(20)12-5-6-12/h4,7,10,12H,5-6,8-9H2,1-3H3,(H,18,20). The van der Waals surface area contributed by atoms with Gasteiger partial charge in [-0.15, -0.1) is 0 Å². The van der Waals surface area contributed by atoms with Crippen LogP contribution in [0.25, 0.3) is 0 Å². The Balaban J connectivity index is 1.70. The van der Waals surface area contributed by atoms with Gasteiger partial charge in [0, 0.05) is 25.2 Å². The molecule has 2 aliphatic rings. The van der Waals surface area contributed by atoms with Gasteiger partial charge in [-0.2, -0.15) is 0 Å². The van der Waals surface area contributed by atoms with Crippen LogP contribution < -0.4 is 10.2 Å². The molecular formula is C17H22N2O2. The second-order valence-corrected chi connectivity index (χ2v) is 6.66. The molecule has 21 heavy (non-hydrogen) atoms. The van der Waals surface area contributed by atoms with Crippen LogP contribution in [0.1, 0.15) is 37.8 Å². The average Bonchev–Trinajstić information content (AvgIpc) is 3.27.